The smallest absolute Gasteiger partial charge is 0.243 e. The van der Waals surface area contributed by atoms with Crippen LogP contribution in [0.2, 0.25) is 10.0 Å². The number of aliphatic hydroxyl groups excluding tert-OH is 1. The molecule has 0 spiro atoms. The first-order chi connectivity index (χ1) is 14.6. The number of nitrogens with zero attached hydrogens (tertiary/aromatic N) is 1. The fourth-order valence-electron chi connectivity index (χ4n) is 3.50. The van der Waals surface area contributed by atoms with Crippen LogP contribution in [-0.2, 0) is 10.0 Å². The molecule has 2 aromatic rings. The van der Waals surface area contributed by atoms with Crippen molar-refractivity contribution in [1.82, 2.24) is 4.31 Å². The van der Waals surface area contributed by atoms with E-state index in [-0.39, 0.29) is 30.6 Å². The number of hydrogen-bond donors (Lipinski definition) is 1. The van der Waals surface area contributed by atoms with Crippen LogP contribution in [0.15, 0.2) is 52.9 Å². The lowest BCUT2D eigenvalue weighted by Gasteiger charge is -2.33. The topological polar surface area (TPSA) is 66.8 Å². The number of sulfonamides is 1. The minimum Gasteiger partial charge on any atom is -0.488 e. The summed E-state index contributed by atoms with van der Waals surface area (Å²) in [6.45, 7) is 3.75. The van der Waals surface area contributed by atoms with Gasteiger partial charge >= 0.3 is 0 Å². The van der Waals surface area contributed by atoms with Crippen LogP contribution in [0.4, 0.5) is 0 Å². The lowest BCUT2D eigenvalue weighted by molar-refractivity contribution is 0.171. The Labute approximate surface area is 198 Å². The molecule has 1 N–H and O–H groups in total. The van der Waals surface area contributed by atoms with Gasteiger partial charge < -0.3 is 9.84 Å². The molecule has 1 aliphatic rings. The number of ether oxygens (including phenoxy) is 1. The molecule has 31 heavy (non-hydrogen) atoms. The van der Waals surface area contributed by atoms with Crippen LogP contribution in [0, 0.1) is 5.92 Å². The van der Waals surface area contributed by atoms with E-state index in [1.54, 1.807) is 18.2 Å². The number of fused-ring (bicyclic) bond motifs is 1. The van der Waals surface area contributed by atoms with Gasteiger partial charge in [0.1, 0.15) is 12.4 Å². The van der Waals surface area contributed by atoms with Gasteiger partial charge in [-0.25, -0.2) is 8.42 Å². The molecule has 1 atom stereocenters. The summed E-state index contributed by atoms with van der Waals surface area (Å²) in [5.74, 6) is 0.762. The first-order valence-electron chi connectivity index (χ1n) is 9.82. The fraction of sp³-hybridized carbons (Fsp3) is 0.364. The summed E-state index contributed by atoms with van der Waals surface area (Å²) in [7, 11) is -3.94. The Morgan fingerprint density at radius 2 is 1.71 bits per heavy atom. The molecule has 0 saturated heterocycles. The first kappa shape index (κ1) is 24.4. The van der Waals surface area contributed by atoms with Crippen molar-refractivity contribution in [2.45, 2.75) is 31.2 Å². The number of halogens is 3. The molecule has 0 bridgehead atoms. The molecule has 0 aliphatic carbocycles. The van der Waals surface area contributed by atoms with Crippen molar-refractivity contribution in [3.63, 3.8) is 0 Å². The number of benzene rings is 2. The minimum atomic E-state index is -3.94. The highest BCUT2D eigenvalue weighted by atomic mass is 35.5. The van der Waals surface area contributed by atoms with Crippen LogP contribution < -0.4 is 4.74 Å². The SMILES string of the molecule is CC(C)CC(CO)N(CC1=C(Cl)c2cc(Cl)ccc2OC1)S(=O)(=O)c1ccc(Cl)cc1. The summed E-state index contributed by atoms with van der Waals surface area (Å²) in [4.78, 5) is 0.0935. The quantitative estimate of drug-likeness (QED) is 0.520. The molecule has 1 heterocycles. The van der Waals surface area contributed by atoms with Gasteiger partial charge in [-0.2, -0.15) is 4.31 Å². The molecule has 3 rings (SSSR count). The van der Waals surface area contributed by atoms with E-state index in [2.05, 4.69) is 0 Å². The van der Waals surface area contributed by atoms with Gasteiger partial charge in [-0.05, 0) is 54.8 Å². The summed E-state index contributed by atoms with van der Waals surface area (Å²) in [5.41, 5.74) is 1.21. The second kappa shape index (κ2) is 10.1. The summed E-state index contributed by atoms with van der Waals surface area (Å²) < 4.78 is 34.2. The van der Waals surface area contributed by atoms with E-state index >= 15 is 0 Å². The van der Waals surface area contributed by atoms with Crippen molar-refractivity contribution in [3.8, 4) is 5.75 Å². The molecule has 0 fully saturated rings. The minimum absolute atomic E-state index is 0.0201. The van der Waals surface area contributed by atoms with Crippen LogP contribution in [0.3, 0.4) is 0 Å². The predicted octanol–water partition coefficient (Wildman–Crippen LogP) is 5.43. The third kappa shape index (κ3) is 5.56. The van der Waals surface area contributed by atoms with Crippen LogP contribution in [-0.4, -0.2) is 43.6 Å². The molecule has 0 saturated carbocycles. The van der Waals surface area contributed by atoms with E-state index < -0.39 is 16.1 Å². The standard InChI is InChI=1S/C22H24Cl3NO4S/c1-14(2)9-18(12-27)26(31(28,29)19-6-3-16(23)4-7-19)11-15-13-30-21-8-5-17(24)10-20(21)22(15)25/h3-8,10,14,18,27H,9,11-13H2,1-2H3. The van der Waals surface area contributed by atoms with E-state index in [1.807, 2.05) is 13.8 Å². The van der Waals surface area contributed by atoms with Crippen molar-refractivity contribution >= 4 is 49.9 Å². The molecule has 1 aliphatic heterocycles. The monoisotopic (exact) mass is 503 g/mol. The molecule has 0 radical (unpaired) electrons. The van der Waals surface area contributed by atoms with Crippen LogP contribution in [0.5, 0.6) is 5.75 Å². The van der Waals surface area contributed by atoms with Crippen LogP contribution >= 0.6 is 34.8 Å². The largest absolute Gasteiger partial charge is 0.488 e. The Balaban J connectivity index is 2.05. The molecule has 168 valence electrons. The average Bonchev–Trinajstić information content (AvgIpc) is 2.72. The van der Waals surface area contributed by atoms with E-state index in [9.17, 15) is 13.5 Å². The highest BCUT2D eigenvalue weighted by Crippen LogP contribution is 2.38. The van der Waals surface area contributed by atoms with Crippen LogP contribution in [0.1, 0.15) is 25.8 Å². The van der Waals surface area contributed by atoms with Gasteiger partial charge in [0.15, 0.2) is 0 Å². The second-order valence-electron chi connectivity index (χ2n) is 7.82. The van der Waals surface area contributed by atoms with Gasteiger partial charge in [-0.1, -0.05) is 48.7 Å². The highest BCUT2D eigenvalue weighted by Gasteiger charge is 2.34. The zero-order valence-electron chi connectivity index (χ0n) is 17.2. The van der Waals surface area contributed by atoms with Gasteiger partial charge in [0, 0.05) is 33.8 Å². The highest BCUT2D eigenvalue weighted by molar-refractivity contribution is 7.89. The molecular weight excluding hydrogens is 481 g/mol. The maximum absolute atomic E-state index is 13.5. The lowest BCUT2D eigenvalue weighted by atomic mass is 10.0. The Bertz CT molecular complexity index is 1070. The zero-order valence-corrected chi connectivity index (χ0v) is 20.3. The summed E-state index contributed by atoms with van der Waals surface area (Å²) in [6.07, 6.45) is 0.484. The number of aliphatic hydroxyl groups is 1. The third-order valence-corrected chi connectivity index (χ3v) is 7.89. The van der Waals surface area contributed by atoms with Gasteiger partial charge in [-0.3, -0.25) is 0 Å². The Morgan fingerprint density at radius 3 is 2.32 bits per heavy atom. The van der Waals surface area contributed by atoms with Crippen molar-refractivity contribution < 1.29 is 18.3 Å². The normalized spacial score (nSPS) is 15.2. The van der Waals surface area contributed by atoms with Crippen molar-refractivity contribution in [2.24, 2.45) is 5.92 Å². The van der Waals surface area contributed by atoms with E-state index in [0.717, 1.165) is 0 Å². The fourth-order valence-corrected chi connectivity index (χ4v) is 5.68. The summed E-state index contributed by atoms with van der Waals surface area (Å²) >= 11 is 18.7. The molecular formula is C22H24Cl3NO4S. The zero-order chi connectivity index (χ0) is 22.8. The Hall–Kier alpha value is -1.28. The van der Waals surface area contributed by atoms with Crippen LogP contribution in [0.25, 0.3) is 5.03 Å². The third-order valence-electron chi connectivity index (χ3n) is 5.02. The summed E-state index contributed by atoms with van der Waals surface area (Å²) in [6, 6.07) is 10.5. The maximum atomic E-state index is 13.5. The van der Waals surface area contributed by atoms with Gasteiger partial charge in [0.05, 0.1) is 16.5 Å². The average molecular weight is 505 g/mol. The molecule has 0 amide bonds. The van der Waals surface area contributed by atoms with Crippen molar-refractivity contribution in [2.75, 3.05) is 19.8 Å². The molecule has 5 nitrogen and oxygen atoms in total. The Morgan fingerprint density at radius 1 is 1.06 bits per heavy atom. The number of hydrogen-bond acceptors (Lipinski definition) is 4. The van der Waals surface area contributed by atoms with Gasteiger partial charge in [0.25, 0.3) is 0 Å². The van der Waals surface area contributed by atoms with Crippen molar-refractivity contribution in [3.05, 3.63) is 63.6 Å². The van der Waals surface area contributed by atoms with Crippen molar-refractivity contribution in [1.29, 1.82) is 0 Å². The van der Waals surface area contributed by atoms with E-state index in [0.29, 0.717) is 38.4 Å². The molecule has 0 aromatic heterocycles. The van der Waals surface area contributed by atoms with E-state index in [4.69, 9.17) is 39.5 Å². The molecule has 1 unspecified atom stereocenters. The second-order valence-corrected chi connectivity index (χ2v) is 11.0. The van der Waals surface area contributed by atoms with E-state index in [1.165, 1.54) is 28.6 Å². The predicted molar refractivity (Wildman–Crippen MR) is 125 cm³/mol. The van der Waals surface area contributed by atoms with Gasteiger partial charge in [-0.15, -0.1) is 0 Å². The molecule has 2 aromatic carbocycles. The Kier molecular flexibility index (Phi) is 7.95. The summed E-state index contributed by atoms with van der Waals surface area (Å²) in [5, 5.41) is 11.4. The molecule has 9 heteroatoms. The van der Waals surface area contributed by atoms with Gasteiger partial charge in [0.2, 0.25) is 10.0 Å². The number of rotatable bonds is 8. The first-order valence-corrected chi connectivity index (χ1v) is 12.4. The maximum Gasteiger partial charge on any atom is 0.243 e. The lowest BCUT2D eigenvalue weighted by Crippen LogP contribution is -2.45.